The smallest absolute Gasteiger partial charge is 0.350 e. The zero-order valence-corrected chi connectivity index (χ0v) is 16.2. The van der Waals surface area contributed by atoms with Gasteiger partial charge in [-0.25, -0.2) is 9.78 Å². The van der Waals surface area contributed by atoms with E-state index in [0.717, 1.165) is 11.3 Å². The third-order valence-corrected chi connectivity index (χ3v) is 4.53. The van der Waals surface area contributed by atoms with Crippen LogP contribution in [0.15, 0.2) is 18.2 Å². The van der Waals surface area contributed by atoms with Crippen LogP contribution in [0.3, 0.4) is 0 Å². The number of benzene rings is 1. The van der Waals surface area contributed by atoms with Gasteiger partial charge in [-0.05, 0) is 31.3 Å². The summed E-state index contributed by atoms with van der Waals surface area (Å²) in [5.41, 5.74) is 0.720. The lowest BCUT2D eigenvalue weighted by atomic mass is 10.1. The first kappa shape index (κ1) is 19.6. The Morgan fingerprint density at radius 1 is 1.15 bits per heavy atom. The quantitative estimate of drug-likeness (QED) is 0.588. The summed E-state index contributed by atoms with van der Waals surface area (Å²) in [5.74, 6) is -0.287. The number of rotatable bonds is 5. The van der Waals surface area contributed by atoms with Crippen LogP contribution in [0.4, 0.5) is 5.13 Å². The molecule has 0 radical (unpaired) electrons. The Morgan fingerprint density at radius 2 is 1.77 bits per heavy atom. The number of nitrogens with one attached hydrogen (secondary N) is 2. The van der Waals surface area contributed by atoms with Crippen LogP contribution in [0.5, 0.6) is 11.5 Å². The Hall–Kier alpha value is -2.72. The highest BCUT2D eigenvalue weighted by molar-refractivity contribution is 7.80. The van der Waals surface area contributed by atoms with Crippen molar-refractivity contribution in [2.45, 2.75) is 6.92 Å². The molecule has 2 N–H and O–H groups in total. The molecule has 10 heteroatoms. The molecule has 0 bridgehead atoms. The molecule has 2 rings (SSSR count). The molecular formula is C16H17N3O5S2. The number of carbonyl (C=O) groups excluding carboxylic acids is 2. The van der Waals surface area contributed by atoms with Gasteiger partial charge in [0.15, 0.2) is 10.2 Å². The molecule has 0 atom stereocenters. The van der Waals surface area contributed by atoms with Gasteiger partial charge in [-0.2, -0.15) is 0 Å². The maximum atomic E-state index is 12.5. The summed E-state index contributed by atoms with van der Waals surface area (Å²) in [5, 5.41) is 5.70. The van der Waals surface area contributed by atoms with Crippen molar-refractivity contribution in [3.05, 3.63) is 34.3 Å². The second-order valence-electron chi connectivity index (χ2n) is 4.87. The fourth-order valence-corrected chi connectivity index (χ4v) is 3.24. The van der Waals surface area contributed by atoms with Gasteiger partial charge in [0.1, 0.15) is 21.9 Å². The van der Waals surface area contributed by atoms with Crippen LogP contribution in [-0.4, -0.2) is 43.3 Å². The molecule has 1 amide bonds. The van der Waals surface area contributed by atoms with Crippen LogP contribution in [0.25, 0.3) is 0 Å². The first-order valence-electron chi connectivity index (χ1n) is 7.30. The van der Waals surface area contributed by atoms with Gasteiger partial charge in [0.2, 0.25) is 0 Å². The molecule has 26 heavy (non-hydrogen) atoms. The summed E-state index contributed by atoms with van der Waals surface area (Å²) in [7, 11) is 4.20. The van der Waals surface area contributed by atoms with Crippen LogP contribution >= 0.6 is 23.6 Å². The first-order chi connectivity index (χ1) is 12.4. The zero-order valence-electron chi connectivity index (χ0n) is 14.5. The highest BCUT2D eigenvalue weighted by atomic mass is 32.1. The fourth-order valence-electron chi connectivity index (χ4n) is 2.10. The maximum Gasteiger partial charge on any atom is 0.350 e. The van der Waals surface area contributed by atoms with Gasteiger partial charge < -0.3 is 19.5 Å². The van der Waals surface area contributed by atoms with Gasteiger partial charge in [0, 0.05) is 0 Å². The molecule has 0 aliphatic rings. The SMILES string of the molecule is COC(=O)c1sc(NC(=S)NC(=O)c2c(OC)cccc2OC)nc1C. The second-order valence-corrected chi connectivity index (χ2v) is 6.28. The Morgan fingerprint density at radius 3 is 2.31 bits per heavy atom. The van der Waals surface area contributed by atoms with E-state index in [1.807, 2.05) is 0 Å². The number of thiocarbonyl (C=S) groups is 1. The molecule has 8 nitrogen and oxygen atoms in total. The van der Waals surface area contributed by atoms with Crippen molar-refractivity contribution < 1.29 is 23.8 Å². The number of aromatic nitrogens is 1. The van der Waals surface area contributed by atoms with Crippen LogP contribution in [-0.2, 0) is 4.74 Å². The van der Waals surface area contributed by atoms with Gasteiger partial charge >= 0.3 is 5.97 Å². The second kappa shape index (κ2) is 8.59. The Labute approximate surface area is 159 Å². The molecule has 0 spiro atoms. The molecule has 1 aromatic carbocycles. The predicted octanol–water partition coefficient (Wildman–Crippen LogP) is 2.38. The van der Waals surface area contributed by atoms with Crippen LogP contribution in [0.2, 0.25) is 0 Å². The number of aryl methyl sites for hydroxylation is 1. The van der Waals surface area contributed by atoms with E-state index in [1.54, 1.807) is 25.1 Å². The minimum Gasteiger partial charge on any atom is -0.496 e. The summed E-state index contributed by atoms with van der Waals surface area (Å²) >= 11 is 6.22. The molecule has 0 aliphatic heterocycles. The largest absolute Gasteiger partial charge is 0.496 e. The van der Waals surface area contributed by atoms with E-state index in [0.29, 0.717) is 27.2 Å². The normalized spacial score (nSPS) is 10.0. The van der Waals surface area contributed by atoms with E-state index in [1.165, 1.54) is 21.3 Å². The monoisotopic (exact) mass is 395 g/mol. The van der Waals surface area contributed by atoms with Crippen molar-refractivity contribution >= 4 is 45.7 Å². The van der Waals surface area contributed by atoms with Gasteiger partial charge in [-0.3, -0.25) is 10.1 Å². The fraction of sp³-hybridized carbons (Fsp3) is 0.250. The molecular weight excluding hydrogens is 378 g/mol. The number of ether oxygens (including phenoxy) is 3. The van der Waals surface area contributed by atoms with E-state index in [9.17, 15) is 9.59 Å². The van der Waals surface area contributed by atoms with Crippen LogP contribution in [0, 0.1) is 6.92 Å². The Kier molecular flexibility index (Phi) is 6.47. The summed E-state index contributed by atoms with van der Waals surface area (Å²) < 4.78 is 15.1. The number of amides is 1. The van der Waals surface area contributed by atoms with Crippen molar-refractivity contribution in [2.75, 3.05) is 26.6 Å². The van der Waals surface area contributed by atoms with Gasteiger partial charge in [0.25, 0.3) is 5.91 Å². The molecule has 0 fully saturated rings. The molecule has 2 aromatic rings. The third kappa shape index (κ3) is 4.27. The number of anilines is 1. The third-order valence-electron chi connectivity index (χ3n) is 3.27. The number of carbonyl (C=O) groups is 2. The number of esters is 1. The van der Waals surface area contributed by atoms with Gasteiger partial charge in [0.05, 0.1) is 27.0 Å². The standard InChI is InChI=1S/C16H17N3O5S2/c1-8-12(14(21)24-4)26-16(17-8)19-15(25)18-13(20)11-9(22-2)6-5-7-10(11)23-3/h5-7H,1-4H3,(H2,17,18,19,20,25). The molecule has 1 heterocycles. The lowest BCUT2D eigenvalue weighted by molar-refractivity contribution is 0.0605. The van der Waals surface area contributed by atoms with E-state index in [2.05, 4.69) is 20.4 Å². The Balaban J connectivity index is 2.14. The van der Waals surface area contributed by atoms with E-state index in [-0.39, 0.29) is 10.7 Å². The van der Waals surface area contributed by atoms with Crippen molar-refractivity contribution in [1.82, 2.24) is 10.3 Å². The van der Waals surface area contributed by atoms with E-state index >= 15 is 0 Å². The lowest BCUT2D eigenvalue weighted by Crippen LogP contribution is -2.34. The molecule has 0 saturated heterocycles. The van der Waals surface area contributed by atoms with E-state index < -0.39 is 11.9 Å². The minimum atomic E-state index is -0.502. The van der Waals surface area contributed by atoms with Crippen LogP contribution < -0.4 is 20.1 Å². The van der Waals surface area contributed by atoms with Crippen molar-refractivity contribution in [1.29, 1.82) is 0 Å². The van der Waals surface area contributed by atoms with E-state index in [4.69, 9.17) is 21.7 Å². The number of nitrogens with zero attached hydrogens (tertiary/aromatic N) is 1. The molecule has 138 valence electrons. The summed E-state index contributed by atoms with van der Waals surface area (Å²) in [4.78, 5) is 28.7. The number of thiazole rings is 1. The number of hydrogen-bond acceptors (Lipinski definition) is 8. The average molecular weight is 395 g/mol. The zero-order chi connectivity index (χ0) is 19.3. The highest BCUT2D eigenvalue weighted by Gasteiger charge is 2.20. The highest BCUT2D eigenvalue weighted by Crippen LogP contribution is 2.28. The van der Waals surface area contributed by atoms with Crippen molar-refractivity contribution in [3.63, 3.8) is 0 Å². The molecule has 0 saturated carbocycles. The van der Waals surface area contributed by atoms with Crippen LogP contribution in [0.1, 0.15) is 25.7 Å². The molecule has 0 unspecified atom stereocenters. The summed E-state index contributed by atoms with van der Waals surface area (Å²) in [6.07, 6.45) is 0. The predicted molar refractivity (Wildman–Crippen MR) is 101 cm³/mol. The van der Waals surface area contributed by atoms with Gasteiger partial charge in [-0.15, -0.1) is 0 Å². The Bertz CT molecular complexity index is 828. The van der Waals surface area contributed by atoms with Gasteiger partial charge in [-0.1, -0.05) is 17.4 Å². The van der Waals surface area contributed by atoms with Crippen molar-refractivity contribution in [3.8, 4) is 11.5 Å². The minimum absolute atomic E-state index is 0.0214. The first-order valence-corrected chi connectivity index (χ1v) is 8.52. The number of hydrogen-bond donors (Lipinski definition) is 2. The lowest BCUT2D eigenvalue weighted by Gasteiger charge is -2.13. The van der Waals surface area contributed by atoms with Crippen molar-refractivity contribution in [2.24, 2.45) is 0 Å². The average Bonchev–Trinajstić information content (AvgIpc) is 2.99. The topological polar surface area (TPSA) is 98.8 Å². The summed E-state index contributed by atoms with van der Waals surface area (Å²) in [6, 6.07) is 4.99. The molecule has 1 aromatic heterocycles. The summed E-state index contributed by atoms with van der Waals surface area (Å²) in [6.45, 7) is 1.68. The maximum absolute atomic E-state index is 12.5. The molecule has 0 aliphatic carbocycles. The number of methoxy groups -OCH3 is 3.